The molecule has 0 unspecified atom stereocenters. The van der Waals surface area contributed by atoms with Crippen molar-refractivity contribution in [3.05, 3.63) is 29.7 Å². The number of nitrogens with one attached hydrogen (secondary N) is 1. The second-order valence-corrected chi connectivity index (χ2v) is 5.33. The molecule has 0 spiro atoms. The lowest BCUT2D eigenvalue weighted by Crippen LogP contribution is -2.42. The molecule has 0 amide bonds. The molecule has 3 rings (SSSR count). The van der Waals surface area contributed by atoms with Crippen LogP contribution < -0.4 is 5.32 Å². The van der Waals surface area contributed by atoms with E-state index in [4.69, 9.17) is 9.52 Å². The molecule has 2 aromatic rings. The van der Waals surface area contributed by atoms with Crippen molar-refractivity contribution in [2.24, 2.45) is 0 Å². The SMILES string of the molecule is O=C(O)CCc1nc2cc(CN3CCNCC3)ccc2o1. The Morgan fingerprint density at radius 2 is 2.19 bits per heavy atom. The lowest BCUT2D eigenvalue weighted by molar-refractivity contribution is -0.137. The zero-order valence-electron chi connectivity index (χ0n) is 11.8. The van der Waals surface area contributed by atoms with E-state index >= 15 is 0 Å². The van der Waals surface area contributed by atoms with Gasteiger partial charge in [-0.3, -0.25) is 9.69 Å². The Labute approximate surface area is 122 Å². The van der Waals surface area contributed by atoms with Gasteiger partial charge in [0.25, 0.3) is 0 Å². The number of aromatic nitrogens is 1. The number of hydrogen-bond donors (Lipinski definition) is 2. The fraction of sp³-hybridized carbons (Fsp3) is 0.467. The number of hydrogen-bond acceptors (Lipinski definition) is 5. The number of carboxylic acid groups (broad SMARTS) is 1. The van der Waals surface area contributed by atoms with Gasteiger partial charge in [0.15, 0.2) is 11.5 Å². The van der Waals surface area contributed by atoms with Crippen molar-refractivity contribution in [1.82, 2.24) is 15.2 Å². The van der Waals surface area contributed by atoms with Crippen molar-refractivity contribution in [1.29, 1.82) is 0 Å². The molecule has 1 aliphatic heterocycles. The predicted molar refractivity (Wildman–Crippen MR) is 78.1 cm³/mol. The van der Waals surface area contributed by atoms with Gasteiger partial charge in [0, 0.05) is 39.1 Å². The Balaban J connectivity index is 1.71. The van der Waals surface area contributed by atoms with Gasteiger partial charge in [0.1, 0.15) is 5.52 Å². The van der Waals surface area contributed by atoms with Gasteiger partial charge in [0.05, 0.1) is 6.42 Å². The third-order valence-electron chi connectivity index (χ3n) is 3.66. The maximum absolute atomic E-state index is 10.6. The summed E-state index contributed by atoms with van der Waals surface area (Å²) in [6.45, 7) is 5.09. The van der Waals surface area contributed by atoms with Crippen molar-refractivity contribution in [2.75, 3.05) is 26.2 Å². The third-order valence-corrected chi connectivity index (χ3v) is 3.66. The van der Waals surface area contributed by atoms with Crippen molar-refractivity contribution in [3.8, 4) is 0 Å². The van der Waals surface area contributed by atoms with Gasteiger partial charge in [-0.25, -0.2) is 4.98 Å². The van der Waals surface area contributed by atoms with Crippen LogP contribution in [0.15, 0.2) is 22.6 Å². The fourth-order valence-corrected chi connectivity index (χ4v) is 2.57. The molecule has 6 nitrogen and oxygen atoms in total. The Morgan fingerprint density at radius 3 is 2.95 bits per heavy atom. The minimum Gasteiger partial charge on any atom is -0.481 e. The molecule has 1 aromatic carbocycles. The molecule has 2 heterocycles. The van der Waals surface area contributed by atoms with Crippen LogP contribution in [0.5, 0.6) is 0 Å². The van der Waals surface area contributed by atoms with E-state index in [1.54, 1.807) is 0 Å². The van der Waals surface area contributed by atoms with Gasteiger partial charge in [-0.1, -0.05) is 6.07 Å². The van der Waals surface area contributed by atoms with Crippen molar-refractivity contribution in [2.45, 2.75) is 19.4 Å². The van der Waals surface area contributed by atoms with Crippen molar-refractivity contribution < 1.29 is 14.3 Å². The molecule has 0 atom stereocenters. The summed E-state index contributed by atoms with van der Waals surface area (Å²) in [5.41, 5.74) is 2.74. The number of benzene rings is 1. The minimum atomic E-state index is -0.836. The van der Waals surface area contributed by atoms with Crippen LogP contribution in [-0.2, 0) is 17.8 Å². The lowest BCUT2D eigenvalue weighted by Gasteiger charge is -2.27. The maximum atomic E-state index is 10.6. The summed E-state index contributed by atoms with van der Waals surface area (Å²) in [6, 6.07) is 6.01. The number of nitrogens with zero attached hydrogens (tertiary/aromatic N) is 2. The average molecular weight is 289 g/mol. The Morgan fingerprint density at radius 1 is 1.38 bits per heavy atom. The first-order chi connectivity index (χ1) is 10.2. The fourth-order valence-electron chi connectivity index (χ4n) is 2.57. The zero-order chi connectivity index (χ0) is 14.7. The van der Waals surface area contributed by atoms with E-state index < -0.39 is 5.97 Å². The van der Waals surface area contributed by atoms with Crippen molar-refractivity contribution >= 4 is 17.1 Å². The highest BCUT2D eigenvalue weighted by atomic mass is 16.4. The van der Waals surface area contributed by atoms with E-state index in [-0.39, 0.29) is 6.42 Å². The summed E-state index contributed by atoms with van der Waals surface area (Å²) < 4.78 is 5.57. The number of aryl methyl sites for hydroxylation is 1. The van der Waals surface area contributed by atoms with Crippen molar-refractivity contribution in [3.63, 3.8) is 0 Å². The Bertz CT molecular complexity index is 632. The average Bonchev–Trinajstić information content (AvgIpc) is 2.88. The maximum Gasteiger partial charge on any atom is 0.303 e. The topological polar surface area (TPSA) is 78.6 Å². The Hall–Kier alpha value is -1.92. The quantitative estimate of drug-likeness (QED) is 0.862. The molecule has 0 saturated carbocycles. The molecule has 1 saturated heterocycles. The van der Waals surface area contributed by atoms with E-state index in [0.29, 0.717) is 12.3 Å². The predicted octanol–water partition coefficient (Wildman–Crippen LogP) is 1.25. The van der Waals surface area contributed by atoms with E-state index in [9.17, 15) is 4.79 Å². The van der Waals surface area contributed by atoms with Crippen LogP contribution in [0.2, 0.25) is 0 Å². The van der Waals surface area contributed by atoms with Gasteiger partial charge < -0.3 is 14.8 Å². The molecule has 2 N–H and O–H groups in total. The van der Waals surface area contributed by atoms with E-state index in [2.05, 4.69) is 21.3 Å². The van der Waals surface area contributed by atoms with Crippen LogP contribution in [-0.4, -0.2) is 47.1 Å². The van der Waals surface area contributed by atoms with E-state index in [1.165, 1.54) is 5.56 Å². The first kappa shape index (κ1) is 14.0. The highest BCUT2D eigenvalue weighted by Gasteiger charge is 2.12. The minimum absolute atomic E-state index is 0.0421. The van der Waals surface area contributed by atoms with Gasteiger partial charge in [-0.2, -0.15) is 0 Å². The van der Waals surface area contributed by atoms with Crippen LogP contribution in [0.1, 0.15) is 17.9 Å². The van der Waals surface area contributed by atoms with Gasteiger partial charge in [0.2, 0.25) is 0 Å². The van der Waals surface area contributed by atoms with Crippen LogP contribution in [0, 0.1) is 0 Å². The molecule has 21 heavy (non-hydrogen) atoms. The highest BCUT2D eigenvalue weighted by molar-refractivity contribution is 5.73. The number of carboxylic acids is 1. The van der Waals surface area contributed by atoms with Crippen LogP contribution in [0.3, 0.4) is 0 Å². The second-order valence-electron chi connectivity index (χ2n) is 5.33. The number of oxazole rings is 1. The van der Waals surface area contributed by atoms with E-state index in [1.807, 2.05) is 12.1 Å². The second kappa shape index (κ2) is 6.24. The Kier molecular flexibility index (Phi) is 4.17. The number of carbonyl (C=O) groups is 1. The summed E-state index contributed by atoms with van der Waals surface area (Å²) in [5, 5.41) is 12.0. The van der Waals surface area contributed by atoms with Gasteiger partial charge >= 0.3 is 5.97 Å². The molecule has 1 aliphatic rings. The van der Waals surface area contributed by atoms with E-state index in [0.717, 1.165) is 43.8 Å². The highest BCUT2D eigenvalue weighted by Crippen LogP contribution is 2.19. The van der Waals surface area contributed by atoms with Crippen LogP contribution in [0.25, 0.3) is 11.1 Å². The molecule has 1 fully saturated rings. The number of rotatable bonds is 5. The summed E-state index contributed by atoms with van der Waals surface area (Å²) in [6.07, 6.45) is 0.373. The number of fused-ring (bicyclic) bond motifs is 1. The van der Waals surface area contributed by atoms with Crippen LogP contribution in [0.4, 0.5) is 0 Å². The molecule has 6 heteroatoms. The molecule has 112 valence electrons. The summed E-state index contributed by atoms with van der Waals surface area (Å²) >= 11 is 0. The zero-order valence-corrected chi connectivity index (χ0v) is 11.8. The monoisotopic (exact) mass is 289 g/mol. The lowest BCUT2D eigenvalue weighted by atomic mass is 10.2. The number of aliphatic carboxylic acids is 1. The smallest absolute Gasteiger partial charge is 0.303 e. The number of piperazine rings is 1. The first-order valence-electron chi connectivity index (χ1n) is 7.24. The van der Waals surface area contributed by atoms with Gasteiger partial charge in [-0.05, 0) is 17.7 Å². The summed E-state index contributed by atoms with van der Waals surface area (Å²) in [5.74, 6) is -0.344. The molecular weight excluding hydrogens is 270 g/mol. The normalized spacial score (nSPS) is 16.4. The molecule has 0 bridgehead atoms. The first-order valence-corrected chi connectivity index (χ1v) is 7.24. The third kappa shape index (κ3) is 3.59. The van der Waals surface area contributed by atoms with Crippen LogP contribution >= 0.6 is 0 Å². The van der Waals surface area contributed by atoms with Gasteiger partial charge in [-0.15, -0.1) is 0 Å². The standard InChI is InChI=1S/C15H19N3O3/c19-15(20)4-3-14-17-12-9-11(1-2-13(12)21-14)10-18-7-5-16-6-8-18/h1-2,9,16H,3-8,10H2,(H,19,20). The summed E-state index contributed by atoms with van der Waals surface area (Å²) in [7, 11) is 0. The molecular formula is C15H19N3O3. The molecule has 0 aliphatic carbocycles. The summed E-state index contributed by atoms with van der Waals surface area (Å²) in [4.78, 5) is 17.4. The molecule has 1 aromatic heterocycles. The molecule has 0 radical (unpaired) electrons. The largest absolute Gasteiger partial charge is 0.481 e.